The van der Waals surface area contributed by atoms with Crippen LogP contribution in [0, 0.1) is 11.3 Å². The summed E-state index contributed by atoms with van der Waals surface area (Å²) in [5.41, 5.74) is 10.4. The second kappa shape index (κ2) is 7.67. The van der Waals surface area contributed by atoms with E-state index in [2.05, 4.69) is 40.0 Å². The first-order valence-electron chi connectivity index (χ1n) is 8.70. The summed E-state index contributed by atoms with van der Waals surface area (Å²) < 4.78 is 1.16. The quantitative estimate of drug-likeness (QED) is 0.723. The third-order valence-corrected chi connectivity index (χ3v) is 6.88. The molecule has 24 heavy (non-hydrogen) atoms. The van der Waals surface area contributed by atoms with Crippen LogP contribution in [0.1, 0.15) is 60.7 Å². The van der Waals surface area contributed by atoms with E-state index in [1.807, 2.05) is 0 Å². The number of halogens is 1. The maximum Gasteiger partial charge on any atom is 0.289 e. The number of nitrogen functional groups attached to an aromatic ring is 1. The zero-order chi connectivity index (χ0) is 17.1. The fourth-order valence-corrected chi connectivity index (χ4v) is 5.43. The molecule has 0 fully saturated rings. The molecule has 126 valence electrons. The SMILES string of the molecule is CCCCc1sc(-c2c(C#N)c(N)[nH+]c3c2CCCCC3)cc1Br. The van der Waals surface area contributed by atoms with E-state index in [-0.39, 0.29) is 0 Å². The standard InChI is InChI=1S/C19H22BrN3S/c1-2-3-9-16-14(20)10-17(24-16)18-12-7-5-4-6-8-15(12)23-19(22)13(18)11-21/h10H,2-9H2,1H3,(H2,22,23)/p+1. The minimum absolute atomic E-state index is 0.507. The average molecular weight is 405 g/mol. The van der Waals surface area contributed by atoms with Crippen LogP contribution in [0.3, 0.4) is 0 Å². The van der Waals surface area contributed by atoms with Crippen LogP contribution >= 0.6 is 27.3 Å². The lowest BCUT2D eigenvalue weighted by atomic mass is 9.96. The number of aryl methyl sites for hydroxylation is 2. The molecule has 1 aliphatic carbocycles. The van der Waals surface area contributed by atoms with Gasteiger partial charge in [-0.15, -0.1) is 11.3 Å². The zero-order valence-corrected chi connectivity index (χ0v) is 16.4. The molecule has 0 bridgehead atoms. The average Bonchev–Trinajstić information content (AvgIpc) is 2.78. The summed E-state index contributed by atoms with van der Waals surface area (Å²) in [5.74, 6) is 0.507. The minimum atomic E-state index is 0.507. The molecule has 2 aromatic heterocycles. The summed E-state index contributed by atoms with van der Waals surface area (Å²) in [6.07, 6.45) is 9.10. The van der Waals surface area contributed by atoms with Crippen molar-refractivity contribution < 1.29 is 4.98 Å². The fourth-order valence-electron chi connectivity index (χ4n) is 3.43. The van der Waals surface area contributed by atoms with E-state index in [1.54, 1.807) is 11.3 Å². The molecule has 2 aromatic rings. The number of hydrogen-bond acceptors (Lipinski definition) is 3. The number of nitrogens with one attached hydrogen (secondary N) is 1. The lowest BCUT2D eigenvalue weighted by Gasteiger charge is -2.11. The number of pyridine rings is 1. The molecule has 0 unspecified atom stereocenters. The number of H-pyrrole nitrogens is 1. The van der Waals surface area contributed by atoms with Crippen molar-refractivity contribution in [3.63, 3.8) is 0 Å². The van der Waals surface area contributed by atoms with Gasteiger partial charge in [-0.05, 0) is 54.1 Å². The number of hydrogen-bond donors (Lipinski definition) is 1. The van der Waals surface area contributed by atoms with E-state index < -0.39 is 0 Å². The highest BCUT2D eigenvalue weighted by molar-refractivity contribution is 9.10. The molecule has 3 N–H and O–H groups in total. The molecule has 3 nitrogen and oxygen atoms in total. The Morgan fingerprint density at radius 1 is 1.33 bits per heavy atom. The molecule has 0 aliphatic heterocycles. The maximum absolute atomic E-state index is 9.69. The van der Waals surface area contributed by atoms with Crippen LogP contribution in [-0.2, 0) is 19.3 Å². The van der Waals surface area contributed by atoms with Gasteiger partial charge in [0.05, 0.1) is 0 Å². The van der Waals surface area contributed by atoms with E-state index in [0.29, 0.717) is 11.4 Å². The molecule has 1 aliphatic rings. The largest absolute Gasteiger partial charge is 0.289 e. The predicted molar refractivity (Wildman–Crippen MR) is 103 cm³/mol. The Hall–Kier alpha value is -1.38. The Bertz CT molecular complexity index is 789. The van der Waals surface area contributed by atoms with Crippen LogP contribution in [-0.4, -0.2) is 0 Å². The highest BCUT2D eigenvalue weighted by Crippen LogP contribution is 2.41. The summed E-state index contributed by atoms with van der Waals surface area (Å²) >= 11 is 5.51. The number of nitriles is 1. The van der Waals surface area contributed by atoms with Crippen molar-refractivity contribution in [3.05, 3.63) is 32.2 Å². The molecule has 0 saturated carbocycles. The number of thiophene rings is 1. The molecule has 2 heterocycles. The Labute approximate surface area is 156 Å². The van der Waals surface area contributed by atoms with Gasteiger partial charge in [0.2, 0.25) is 0 Å². The van der Waals surface area contributed by atoms with E-state index in [0.717, 1.165) is 29.3 Å². The number of aromatic amines is 1. The molecule has 0 aromatic carbocycles. The number of unbranched alkanes of at least 4 members (excludes halogenated alkanes) is 1. The predicted octanol–water partition coefficient (Wildman–Crippen LogP) is 5.06. The number of rotatable bonds is 4. The van der Waals surface area contributed by atoms with E-state index in [9.17, 15) is 5.26 Å². The van der Waals surface area contributed by atoms with Gasteiger partial charge in [-0.25, -0.2) is 4.98 Å². The van der Waals surface area contributed by atoms with Crippen LogP contribution in [0.15, 0.2) is 10.5 Å². The van der Waals surface area contributed by atoms with E-state index in [4.69, 9.17) is 5.73 Å². The second-order valence-electron chi connectivity index (χ2n) is 6.40. The first-order chi connectivity index (χ1) is 11.7. The minimum Gasteiger partial charge on any atom is -0.286 e. The van der Waals surface area contributed by atoms with Crippen molar-refractivity contribution in [1.29, 1.82) is 5.26 Å². The van der Waals surface area contributed by atoms with Gasteiger partial charge < -0.3 is 0 Å². The topological polar surface area (TPSA) is 64.0 Å². The molecule has 0 saturated heterocycles. The summed E-state index contributed by atoms with van der Waals surface area (Å²) in [6.45, 7) is 2.21. The number of fused-ring (bicyclic) bond motifs is 1. The molecule has 3 rings (SSSR count). The molecule has 0 spiro atoms. The second-order valence-corrected chi connectivity index (χ2v) is 8.39. The lowest BCUT2D eigenvalue weighted by molar-refractivity contribution is -0.373. The van der Waals surface area contributed by atoms with Crippen LogP contribution < -0.4 is 10.7 Å². The fraction of sp³-hybridized carbons (Fsp3) is 0.474. The van der Waals surface area contributed by atoms with Gasteiger partial charge in [-0.1, -0.05) is 19.8 Å². The van der Waals surface area contributed by atoms with Crippen LogP contribution in [0.4, 0.5) is 5.82 Å². The first kappa shape index (κ1) is 17.4. The van der Waals surface area contributed by atoms with Crippen LogP contribution in [0.2, 0.25) is 0 Å². The van der Waals surface area contributed by atoms with Crippen molar-refractivity contribution in [2.75, 3.05) is 5.73 Å². The van der Waals surface area contributed by atoms with Gasteiger partial charge in [-0.3, -0.25) is 5.73 Å². The maximum atomic E-state index is 9.69. The van der Waals surface area contributed by atoms with Gasteiger partial charge in [0.15, 0.2) is 0 Å². The van der Waals surface area contributed by atoms with Gasteiger partial charge in [0.25, 0.3) is 5.82 Å². The molecular weight excluding hydrogens is 382 g/mol. The van der Waals surface area contributed by atoms with Crippen molar-refractivity contribution in [3.8, 4) is 16.5 Å². The van der Waals surface area contributed by atoms with Gasteiger partial charge in [0, 0.05) is 31.8 Å². The Balaban J connectivity index is 2.16. The van der Waals surface area contributed by atoms with Crippen LogP contribution in [0.5, 0.6) is 0 Å². The first-order valence-corrected chi connectivity index (χ1v) is 10.3. The highest BCUT2D eigenvalue weighted by Gasteiger charge is 2.25. The summed E-state index contributed by atoms with van der Waals surface area (Å²) in [5, 5.41) is 9.69. The van der Waals surface area contributed by atoms with Crippen molar-refractivity contribution in [2.45, 2.75) is 58.3 Å². The Morgan fingerprint density at radius 2 is 2.12 bits per heavy atom. The van der Waals surface area contributed by atoms with Gasteiger partial charge in [0.1, 0.15) is 17.3 Å². The third kappa shape index (κ3) is 3.36. The number of nitrogens with two attached hydrogens (primary N) is 1. The summed E-state index contributed by atoms with van der Waals surface area (Å²) in [4.78, 5) is 5.84. The monoisotopic (exact) mass is 404 g/mol. The molecule has 0 atom stereocenters. The summed E-state index contributed by atoms with van der Waals surface area (Å²) in [7, 11) is 0. The Kier molecular flexibility index (Phi) is 5.57. The highest BCUT2D eigenvalue weighted by atomic mass is 79.9. The van der Waals surface area contributed by atoms with Crippen molar-refractivity contribution in [2.24, 2.45) is 0 Å². The molecular formula is C19H23BrN3S+. The zero-order valence-electron chi connectivity index (χ0n) is 14.0. The van der Waals surface area contributed by atoms with E-state index in [1.165, 1.54) is 53.1 Å². The Morgan fingerprint density at radius 3 is 2.88 bits per heavy atom. The number of nitrogens with zero attached hydrogens (tertiary/aromatic N) is 1. The third-order valence-electron chi connectivity index (χ3n) is 4.70. The van der Waals surface area contributed by atoms with Gasteiger partial charge >= 0.3 is 0 Å². The van der Waals surface area contributed by atoms with Crippen molar-refractivity contribution in [1.82, 2.24) is 0 Å². The lowest BCUT2D eigenvalue weighted by Crippen LogP contribution is -2.21. The van der Waals surface area contributed by atoms with Gasteiger partial charge in [-0.2, -0.15) is 5.26 Å². The molecule has 0 radical (unpaired) electrons. The van der Waals surface area contributed by atoms with E-state index >= 15 is 0 Å². The smallest absolute Gasteiger partial charge is 0.286 e. The van der Waals surface area contributed by atoms with Crippen LogP contribution in [0.25, 0.3) is 10.4 Å². The number of aromatic nitrogens is 1. The molecule has 5 heteroatoms. The number of anilines is 1. The van der Waals surface area contributed by atoms with Crippen molar-refractivity contribution >= 4 is 33.1 Å². The summed E-state index contributed by atoms with van der Waals surface area (Å²) in [6, 6.07) is 4.52. The normalized spacial score (nSPS) is 14.0. The molecule has 0 amide bonds.